The van der Waals surface area contributed by atoms with Gasteiger partial charge in [0.25, 0.3) is 0 Å². The molecule has 0 unspecified atom stereocenters. The molecule has 0 saturated heterocycles. The highest BCUT2D eigenvalue weighted by atomic mass is 16.3. The van der Waals surface area contributed by atoms with E-state index in [-0.39, 0.29) is 5.78 Å². The van der Waals surface area contributed by atoms with Crippen molar-refractivity contribution in [3.05, 3.63) is 59.5 Å². The van der Waals surface area contributed by atoms with E-state index in [1.54, 1.807) is 12.1 Å². The molecule has 0 amide bonds. The number of carbonyl (C=O) groups is 1. The van der Waals surface area contributed by atoms with Crippen LogP contribution in [0.2, 0.25) is 0 Å². The van der Waals surface area contributed by atoms with E-state index in [0.717, 1.165) is 5.56 Å². The van der Waals surface area contributed by atoms with Gasteiger partial charge in [0, 0.05) is 6.42 Å². The first-order valence-corrected chi connectivity index (χ1v) is 4.88. The maximum atomic E-state index is 11.7. The Morgan fingerprint density at radius 2 is 1.93 bits per heavy atom. The summed E-state index contributed by atoms with van der Waals surface area (Å²) in [5, 5.41) is 0. The zero-order valence-electron chi connectivity index (χ0n) is 8.57. The number of benzene rings is 1. The monoisotopic (exact) mass is 200 g/mol. The fourth-order valence-electron chi connectivity index (χ4n) is 1.42. The molecule has 0 aliphatic rings. The Balaban J connectivity index is 2.09. The highest BCUT2D eigenvalue weighted by molar-refractivity contribution is 5.94. The topological polar surface area (TPSA) is 30.2 Å². The van der Waals surface area contributed by atoms with Gasteiger partial charge in [0.2, 0.25) is 5.78 Å². The maximum Gasteiger partial charge on any atom is 0.202 e. The molecule has 2 rings (SSSR count). The molecule has 1 aromatic heterocycles. The Bertz CT molecular complexity index is 438. The number of hydrogen-bond donors (Lipinski definition) is 0. The third kappa shape index (κ3) is 2.34. The summed E-state index contributed by atoms with van der Waals surface area (Å²) >= 11 is 0. The molecule has 0 radical (unpaired) electrons. The summed E-state index contributed by atoms with van der Waals surface area (Å²) in [6.07, 6.45) is 1.91. The number of furan rings is 1. The van der Waals surface area contributed by atoms with Gasteiger partial charge < -0.3 is 4.42 Å². The van der Waals surface area contributed by atoms with Crippen LogP contribution < -0.4 is 0 Å². The third-order valence-corrected chi connectivity index (χ3v) is 2.28. The van der Waals surface area contributed by atoms with Crippen molar-refractivity contribution in [2.45, 2.75) is 13.3 Å². The first kappa shape index (κ1) is 9.71. The van der Waals surface area contributed by atoms with E-state index < -0.39 is 0 Å². The van der Waals surface area contributed by atoms with Crippen LogP contribution in [0.5, 0.6) is 0 Å². The predicted octanol–water partition coefficient (Wildman–Crippen LogP) is 3.01. The van der Waals surface area contributed by atoms with Gasteiger partial charge in [0.1, 0.15) is 0 Å². The van der Waals surface area contributed by atoms with Gasteiger partial charge in [-0.1, -0.05) is 29.8 Å². The van der Waals surface area contributed by atoms with Crippen LogP contribution in [-0.2, 0) is 6.42 Å². The Kier molecular flexibility index (Phi) is 2.68. The molecule has 0 spiro atoms. The largest absolute Gasteiger partial charge is 0.461 e. The molecular formula is C13H12O2. The van der Waals surface area contributed by atoms with Gasteiger partial charge in [0.15, 0.2) is 5.76 Å². The lowest BCUT2D eigenvalue weighted by atomic mass is 10.1. The van der Waals surface area contributed by atoms with E-state index in [0.29, 0.717) is 12.2 Å². The number of Topliss-reactive ketones (excluding diaryl/α,β-unsaturated/α-hetero) is 1. The molecule has 1 heterocycles. The highest BCUT2D eigenvalue weighted by Crippen LogP contribution is 2.09. The van der Waals surface area contributed by atoms with Crippen molar-refractivity contribution in [2.24, 2.45) is 0 Å². The molecule has 0 aliphatic carbocycles. The summed E-state index contributed by atoms with van der Waals surface area (Å²) in [5.41, 5.74) is 2.21. The summed E-state index contributed by atoms with van der Waals surface area (Å²) in [5.74, 6) is 0.444. The summed E-state index contributed by atoms with van der Waals surface area (Å²) < 4.78 is 5.04. The van der Waals surface area contributed by atoms with Crippen molar-refractivity contribution >= 4 is 5.78 Å². The second-order valence-corrected chi connectivity index (χ2v) is 3.56. The van der Waals surface area contributed by atoms with Crippen LogP contribution in [0.3, 0.4) is 0 Å². The number of ketones is 1. The van der Waals surface area contributed by atoms with Gasteiger partial charge >= 0.3 is 0 Å². The van der Waals surface area contributed by atoms with Crippen LogP contribution >= 0.6 is 0 Å². The van der Waals surface area contributed by atoms with Crippen molar-refractivity contribution in [3.8, 4) is 0 Å². The number of aryl methyl sites for hydroxylation is 1. The average Bonchev–Trinajstić information content (AvgIpc) is 2.74. The van der Waals surface area contributed by atoms with E-state index in [1.807, 2.05) is 31.2 Å². The van der Waals surface area contributed by atoms with Crippen LogP contribution in [0.25, 0.3) is 0 Å². The second-order valence-electron chi connectivity index (χ2n) is 3.56. The molecule has 0 saturated carbocycles. The van der Waals surface area contributed by atoms with Crippen LogP contribution in [0.4, 0.5) is 0 Å². The predicted molar refractivity (Wildman–Crippen MR) is 57.9 cm³/mol. The van der Waals surface area contributed by atoms with E-state index >= 15 is 0 Å². The third-order valence-electron chi connectivity index (χ3n) is 2.28. The molecule has 15 heavy (non-hydrogen) atoms. The summed E-state index contributed by atoms with van der Waals surface area (Å²) in [4.78, 5) is 11.7. The Morgan fingerprint density at radius 3 is 2.53 bits per heavy atom. The number of carbonyl (C=O) groups excluding carboxylic acids is 1. The molecular weight excluding hydrogens is 188 g/mol. The summed E-state index contributed by atoms with van der Waals surface area (Å²) in [6, 6.07) is 11.4. The minimum absolute atomic E-state index is 0.0175. The van der Waals surface area contributed by atoms with E-state index in [1.165, 1.54) is 11.8 Å². The van der Waals surface area contributed by atoms with E-state index in [2.05, 4.69) is 0 Å². The Labute approximate surface area is 88.5 Å². The number of rotatable bonds is 3. The van der Waals surface area contributed by atoms with Gasteiger partial charge in [-0.25, -0.2) is 0 Å². The van der Waals surface area contributed by atoms with Crippen molar-refractivity contribution in [3.63, 3.8) is 0 Å². The molecule has 0 atom stereocenters. The normalized spacial score (nSPS) is 10.2. The van der Waals surface area contributed by atoms with Crippen molar-refractivity contribution < 1.29 is 9.21 Å². The minimum atomic E-state index is 0.0175. The van der Waals surface area contributed by atoms with E-state index in [9.17, 15) is 4.79 Å². The standard InChI is InChI=1S/C13H12O2/c1-10-4-6-11(7-5-10)9-12(14)13-3-2-8-15-13/h2-8H,9H2,1H3. The second kappa shape index (κ2) is 4.13. The smallest absolute Gasteiger partial charge is 0.202 e. The van der Waals surface area contributed by atoms with Crippen LogP contribution in [0.15, 0.2) is 47.1 Å². The molecule has 2 aromatic rings. The summed E-state index contributed by atoms with van der Waals surface area (Å²) in [7, 11) is 0. The molecule has 0 bridgehead atoms. The fourth-order valence-corrected chi connectivity index (χ4v) is 1.42. The maximum absolute atomic E-state index is 11.7. The molecule has 2 nitrogen and oxygen atoms in total. The zero-order chi connectivity index (χ0) is 10.7. The van der Waals surface area contributed by atoms with Gasteiger partial charge in [-0.15, -0.1) is 0 Å². The quantitative estimate of drug-likeness (QED) is 0.713. The van der Waals surface area contributed by atoms with Gasteiger partial charge in [-0.05, 0) is 24.6 Å². The van der Waals surface area contributed by atoms with E-state index in [4.69, 9.17) is 4.42 Å². The lowest BCUT2D eigenvalue weighted by molar-refractivity contribution is 0.0966. The minimum Gasteiger partial charge on any atom is -0.461 e. The zero-order valence-corrected chi connectivity index (χ0v) is 8.57. The first-order chi connectivity index (χ1) is 7.25. The Hall–Kier alpha value is -1.83. The van der Waals surface area contributed by atoms with Crippen molar-refractivity contribution in [1.29, 1.82) is 0 Å². The highest BCUT2D eigenvalue weighted by Gasteiger charge is 2.08. The van der Waals surface area contributed by atoms with Crippen LogP contribution in [-0.4, -0.2) is 5.78 Å². The van der Waals surface area contributed by atoms with Gasteiger partial charge in [-0.3, -0.25) is 4.79 Å². The SMILES string of the molecule is Cc1ccc(CC(=O)c2ccco2)cc1. The van der Waals surface area contributed by atoms with Crippen LogP contribution in [0, 0.1) is 6.92 Å². The molecule has 76 valence electrons. The molecule has 2 heteroatoms. The lowest BCUT2D eigenvalue weighted by Gasteiger charge is -1.99. The molecule has 0 fully saturated rings. The molecule has 0 N–H and O–H groups in total. The first-order valence-electron chi connectivity index (χ1n) is 4.88. The Morgan fingerprint density at radius 1 is 1.20 bits per heavy atom. The van der Waals surface area contributed by atoms with Crippen LogP contribution in [0.1, 0.15) is 21.7 Å². The molecule has 0 aliphatic heterocycles. The fraction of sp³-hybridized carbons (Fsp3) is 0.154. The molecule has 1 aromatic carbocycles. The van der Waals surface area contributed by atoms with Crippen molar-refractivity contribution in [1.82, 2.24) is 0 Å². The van der Waals surface area contributed by atoms with Gasteiger partial charge in [0.05, 0.1) is 6.26 Å². The summed E-state index contributed by atoms with van der Waals surface area (Å²) in [6.45, 7) is 2.03. The average molecular weight is 200 g/mol. The van der Waals surface area contributed by atoms with Gasteiger partial charge in [-0.2, -0.15) is 0 Å². The van der Waals surface area contributed by atoms with Crippen molar-refractivity contribution in [2.75, 3.05) is 0 Å². The lowest BCUT2D eigenvalue weighted by Crippen LogP contribution is -2.01. The number of hydrogen-bond acceptors (Lipinski definition) is 2.